The number of halogens is 3. The molecule has 450 valence electrons. The van der Waals surface area contributed by atoms with E-state index >= 15 is 0 Å². The number of furan rings is 2. The summed E-state index contributed by atoms with van der Waals surface area (Å²) in [5.74, 6) is -1.77. The molecule has 2 amide bonds. The molecule has 0 saturated heterocycles. The van der Waals surface area contributed by atoms with E-state index in [1.807, 2.05) is 41.0 Å². The van der Waals surface area contributed by atoms with Gasteiger partial charge in [-0.05, 0) is 134 Å². The third-order valence-electron chi connectivity index (χ3n) is 16.5. The molecule has 18 nitrogen and oxygen atoms in total. The SMILES string of the molecule is CNC(=O)c1c(-c2ccc(F)cc2)oc2cc(N(C)S(C)(=O)=O)c(-c3ccc4c(n3)-c3cc5cc(F)ccc5n3CC4)cc12.CNC(=O)c1c(-n2ccc(C)cc2=O)oc2cc(N(C)S(C)(=O)=O)c(-c3ccc4c(n3)-c3cc5c(F)cccc5n3CC4)cc12. The highest BCUT2D eigenvalue weighted by molar-refractivity contribution is 7.92. The summed E-state index contributed by atoms with van der Waals surface area (Å²) in [6.07, 6.45) is 5.11. The van der Waals surface area contributed by atoms with Gasteiger partial charge in [0, 0.05) is 109 Å². The minimum Gasteiger partial charge on any atom is -0.455 e. The average molecular weight is 1240 g/mol. The molecule has 5 aromatic carbocycles. The lowest BCUT2D eigenvalue weighted by Gasteiger charge is -2.23. The highest BCUT2D eigenvalue weighted by atomic mass is 32.2. The molecule has 0 spiro atoms. The largest absolute Gasteiger partial charge is 0.455 e. The van der Waals surface area contributed by atoms with Crippen LogP contribution in [0, 0.1) is 24.4 Å². The molecule has 7 aromatic heterocycles. The maximum atomic E-state index is 14.7. The number of sulfonamides is 2. The van der Waals surface area contributed by atoms with E-state index in [0.717, 1.165) is 72.0 Å². The number of hydrogen-bond donors (Lipinski definition) is 2. The van der Waals surface area contributed by atoms with Gasteiger partial charge in [-0.25, -0.2) is 40.0 Å². The van der Waals surface area contributed by atoms with E-state index in [2.05, 4.69) is 15.2 Å². The summed E-state index contributed by atoms with van der Waals surface area (Å²) in [5.41, 5.74) is 10.7. The van der Waals surface area contributed by atoms with Gasteiger partial charge in [0.1, 0.15) is 39.9 Å². The fourth-order valence-electron chi connectivity index (χ4n) is 11.9. The number of nitrogens with zero attached hydrogens (tertiary/aromatic N) is 7. The number of fused-ring (bicyclic) bond motifs is 12. The molecule has 0 atom stereocenters. The summed E-state index contributed by atoms with van der Waals surface area (Å²) < 4.78 is 114. The molecule has 14 rings (SSSR count). The van der Waals surface area contributed by atoms with Gasteiger partial charge in [-0.2, -0.15) is 0 Å². The van der Waals surface area contributed by atoms with Gasteiger partial charge in [-0.3, -0.25) is 27.6 Å². The van der Waals surface area contributed by atoms with Gasteiger partial charge in [-0.15, -0.1) is 0 Å². The number of carbonyl (C=O) groups is 2. The first-order valence-electron chi connectivity index (χ1n) is 28.1. The molecule has 0 saturated carbocycles. The number of carbonyl (C=O) groups excluding carboxylic acids is 2. The fraction of sp³-hybridized carbons (Fsp3) is 0.167. The number of pyridine rings is 3. The van der Waals surface area contributed by atoms with Crippen molar-refractivity contribution in [3.63, 3.8) is 0 Å². The zero-order chi connectivity index (χ0) is 62.7. The molecule has 2 aliphatic rings. The van der Waals surface area contributed by atoms with Crippen LogP contribution in [0.15, 0.2) is 153 Å². The van der Waals surface area contributed by atoms with Crippen molar-refractivity contribution >= 4 is 87.0 Å². The highest BCUT2D eigenvalue weighted by Gasteiger charge is 2.31. The zero-order valence-corrected chi connectivity index (χ0v) is 50.5. The minimum absolute atomic E-state index is 0.00408. The van der Waals surface area contributed by atoms with Gasteiger partial charge in [0.2, 0.25) is 25.9 Å². The second-order valence-corrected chi connectivity index (χ2v) is 26.0. The first-order valence-corrected chi connectivity index (χ1v) is 31.8. The van der Waals surface area contributed by atoms with Crippen LogP contribution in [0.25, 0.3) is 106 Å². The lowest BCUT2D eigenvalue weighted by Crippen LogP contribution is -2.25. The number of anilines is 2. The summed E-state index contributed by atoms with van der Waals surface area (Å²) >= 11 is 0. The molecule has 9 heterocycles. The monoisotopic (exact) mass is 1240 g/mol. The van der Waals surface area contributed by atoms with E-state index in [1.165, 1.54) is 93.6 Å². The van der Waals surface area contributed by atoms with Gasteiger partial charge >= 0.3 is 0 Å². The highest BCUT2D eigenvalue weighted by Crippen LogP contribution is 2.45. The van der Waals surface area contributed by atoms with Crippen LogP contribution in [0.5, 0.6) is 0 Å². The predicted octanol–water partition coefficient (Wildman–Crippen LogP) is 11.4. The molecule has 2 aliphatic heterocycles. The van der Waals surface area contributed by atoms with Crippen LogP contribution in [0.1, 0.15) is 37.4 Å². The summed E-state index contributed by atoms with van der Waals surface area (Å²) in [5, 5.41) is 7.34. The quantitative estimate of drug-likeness (QED) is 0.131. The normalized spacial score (nSPS) is 12.7. The topological polar surface area (TPSA) is 217 Å². The second kappa shape index (κ2) is 21.6. The molecular formula is C66H54F3N9O9S2. The van der Waals surface area contributed by atoms with Crippen molar-refractivity contribution in [2.45, 2.75) is 32.9 Å². The van der Waals surface area contributed by atoms with E-state index in [-0.39, 0.29) is 51.3 Å². The second-order valence-electron chi connectivity index (χ2n) is 22.0. The zero-order valence-electron chi connectivity index (χ0n) is 48.9. The van der Waals surface area contributed by atoms with Gasteiger partial charge in [0.25, 0.3) is 17.4 Å². The van der Waals surface area contributed by atoms with E-state index < -0.39 is 43.2 Å². The van der Waals surface area contributed by atoms with Crippen LogP contribution in [-0.2, 0) is 46.0 Å². The summed E-state index contributed by atoms with van der Waals surface area (Å²) in [7, 11) is -1.63. The number of nitrogens with one attached hydrogen (secondary N) is 2. The molecule has 0 radical (unpaired) electrons. The molecule has 12 aromatic rings. The van der Waals surface area contributed by atoms with Gasteiger partial charge in [-0.1, -0.05) is 18.2 Å². The molecule has 0 aliphatic carbocycles. The Morgan fingerprint density at radius 2 is 1.15 bits per heavy atom. The summed E-state index contributed by atoms with van der Waals surface area (Å²) in [6, 6.07) is 36.1. The third kappa shape index (κ3) is 9.95. The first-order chi connectivity index (χ1) is 42.5. The number of benzene rings is 5. The number of amides is 2. The number of aromatic nitrogens is 5. The number of rotatable bonds is 10. The van der Waals surface area contributed by atoms with Gasteiger partial charge < -0.3 is 28.6 Å². The Kier molecular flexibility index (Phi) is 14.0. The molecule has 0 bridgehead atoms. The van der Waals surface area contributed by atoms with Crippen LogP contribution < -0.4 is 24.8 Å². The van der Waals surface area contributed by atoms with Crippen LogP contribution in [-0.4, -0.2) is 93.0 Å². The van der Waals surface area contributed by atoms with Crippen molar-refractivity contribution < 1.29 is 48.4 Å². The van der Waals surface area contributed by atoms with E-state index in [9.17, 15) is 44.4 Å². The van der Waals surface area contributed by atoms with Crippen LogP contribution >= 0.6 is 0 Å². The maximum absolute atomic E-state index is 14.7. The Labute approximate surface area is 507 Å². The number of hydrogen-bond acceptors (Lipinski definition) is 11. The minimum atomic E-state index is -3.75. The van der Waals surface area contributed by atoms with Crippen molar-refractivity contribution in [3.8, 4) is 62.5 Å². The lowest BCUT2D eigenvalue weighted by molar-refractivity contribution is 0.0956. The molecule has 2 N–H and O–H groups in total. The lowest BCUT2D eigenvalue weighted by atomic mass is 9.98. The van der Waals surface area contributed by atoms with E-state index in [1.54, 1.807) is 49.4 Å². The van der Waals surface area contributed by atoms with Crippen LogP contribution in [0.2, 0.25) is 0 Å². The average Bonchev–Trinajstić information content (AvgIpc) is 2.25. The van der Waals surface area contributed by atoms with Gasteiger partial charge in [0.15, 0.2) is 0 Å². The molecular weight excluding hydrogens is 1180 g/mol. The Balaban J connectivity index is 0.000000164. The van der Waals surface area contributed by atoms with Crippen molar-refractivity contribution in [1.29, 1.82) is 0 Å². The third-order valence-corrected chi connectivity index (χ3v) is 18.9. The van der Waals surface area contributed by atoms with Gasteiger partial charge in [0.05, 0.1) is 69.1 Å². The predicted molar refractivity (Wildman–Crippen MR) is 337 cm³/mol. The maximum Gasteiger partial charge on any atom is 0.257 e. The molecule has 0 fully saturated rings. The summed E-state index contributed by atoms with van der Waals surface area (Å²) in [4.78, 5) is 49.5. The van der Waals surface area contributed by atoms with Crippen molar-refractivity contribution in [3.05, 3.63) is 195 Å². The van der Waals surface area contributed by atoms with E-state index in [4.69, 9.17) is 18.8 Å². The van der Waals surface area contributed by atoms with Crippen molar-refractivity contribution in [2.24, 2.45) is 0 Å². The smallest absolute Gasteiger partial charge is 0.257 e. The summed E-state index contributed by atoms with van der Waals surface area (Å²) in [6.45, 7) is 3.16. The Bertz CT molecular complexity index is 5300. The Hall–Kier alpha value is -10.3. The van der Waals surface area contributed by atoms with Crippen LogP contribution in [0.4, 0.5) is 24.5 Å². The van der Waals surface area contributed by atoms with Crippen molar-refractivity contribution in [1.82, 2.24) is 34.3 Å². The van der Waals surface area contributed by atoms with Crippen molar-refractivity contribution in [2.75, 3.05) is 49.3 Å². The van der Waals surface area contributed by atoms with E-state index in [0.29, 0.717) is 80.8 Å². The Morgan fingerprint density at radius 1 is 0.596 bits per heavy atom. The molecule has 23 heteroatoms. The molecule has 0 unspecified atom stereocenters. The number of aryl methyl sites for hydroxylation is 5. The standard InChI is InChI=1S/C33H26F2N4O4S.C33H28FN5O5S/c1-36-33(40)30-24-16-23(27(38(2)44(3,41)42)17-29(24)43-32(30)19-4-7-21(34)8-5-19)25-10-6-18-12-13-39-26-11-9-22(35)14-20(26)15-28(39)31(18)37-25;1-18-10-12-39(29(40)14-18)33-30(32(41)35-2)22-15-21(26(17-28(22)44-33)37(3)45(4,42)43)24-9-8-19-11-13-38-25-7-5-6-23(34)20(25)16-27(38)31(19)36-24/h4-11,14-17H,12-13H2,1-3H3,(H,36,40);5-10,12,14-17H,11,13H2,1-4H3,(H,35,41). The Morgan fingerprint density at radius 3 is 1.73 bits per heavy atom. The van der Waals surface area contributed by atoms with Crippen LogP contribution in [0.3, 0.4) is 0 Å². The molecule has 89 heavy (non-hydrogen) atoms. The fourth-order valence-corrected chi connectivity index (χ4v) is 12.9. The first kappa shape index (κ1) is 57.8.